The summed E-state index contributed by atoms with van der Waals surface area (Å²) in [5, 5.41) is 4.89. The fourth-order valence-corrected chi connectivity index (χ4v) is 3.35. The van der Waals surface area contributed by atoms with E-state index in [2.05, 4.69) is 5.32 Å². The number of hydrogen-bond donors (Lipinski definition) is 1. The lowest BCUT2D eigenvalue weighted by atomic mass is 10.3. The lowest BCUT2D eigenvalue weighted by molar-refractivity contribution is -0.121. The number of furan rings is 1. The van der Waals surface area contributed by atoms with Crippen molar-refractivity contribution in [3.8, 4) is 10.7 Å². The van der Waals surface area contributed by atoms with Gasteiger partial charge in [-0.2, -0.15) is 0 Å². The third-order valence-corrected chi connectivity index (χ3v) is 4.60. The summed E-state index contributed by atoms with van der Waals surface area (Å²) < 4.78 is 7.20. The number of nitrogens with zero attached hydrogens (tertiary/aromatic N) is 2. The number of nitrogens with one attached hydrogen (secondary N) is 1. The summed E-state index contributed by atoms with van der Waals surface area (Å²) in [6.07, 6.45) is 1.60. The SMILES string of the molecule is O=C(Cn1c(-c2cccs2)nc2ccccc21)NCc1ccco1. The Morgan fingerprint density at radius 1 is 1.17 bits per heavy atom. The Bertz CT molecular complexity index is 956. The van der Waals surface area contributed by atoms with Gasteiger partial charge in [-0.15, -0.1) is 11.3 Å². The topological polar surface area (TPSA) is 60.1 Å². The number of benzene rings is 1. The summed E-state index contributed by atoms with van der Waals surface area (Å²) in [5.74, 6) is 1.48. The van der Waals surface area contributed by atoms with Crippen molar-refractivity contribution in [3.63, 3.8) is 0 Å². The lowest BCUT2D eigenvalue weighted by Gasteiger charge is -2.08. The van der Waals surface area contributed by atoms with Gasteiger partial charge in [0.2, 0.25) is 5.91 Å². The Morgan fingerprint density at radius 3 is 2.88 bits per heavy atom. The van der Waals surface area contributed by atoms with E-state index in [1.54, 1.807) is 23.7 Å². The number of carbonyl (C=O) groups is 1. The van der Waals surface area contributed by atoms with Gasteiger partial charge in [0.25, 0.3) is 0 Å². The van der Waals surface area contributed by atoms with Gasteiger partial charge < -0.3 is 14.3 Å². The van der Waals surface area contributed by atoms with Crippen LogP contribution >= 0.6 is 11.3 Å². The number of hydrogen-bond acceptors (Lipinski definition) is 4. The monoisotopic (exact) mass is 337 g/mol. The minimum absolute atomic E-state index is 0.0765. The van der Waals surface area contributed by atoms with Crippen molar-refractivity contribution in [3.05, 3.63) is 65.9 Å². The highest BCUT2D eigenvalue weighted by Gasteiger charge is 2.15. The second-order valence-corrected chi connectivity index (χ2v) is 6.29. The molecule has 1 amide bonds. The molecule has 1 N–H and O–H groups in total. The predicted octanol–water partition coefficient (Wildman–Crippen LogP) is 3.67. The van der Waals surface area contributed by atoms with Crippen molar-refractivity contribution in [2.24, 2.45) is 0 Å². The number of fused-ring (bicyclic) bond motifs is 1. The number of amides is 1. The van der Waals surface area contributed by atoms with Crippen LogP contribution in [0, 0.1) is 0 Å². The van der Waals surface area contributed by atoms with E-state index in [0.717, 1.165) is 27.5 Å². The molecule has 0 unspecified atom stereocenters. The fourth-order valence-electron chi connectivity index (χ4n) is 2.63. The van der Waals surface area contributed by atoms with Crippen molar-refractivity contribution in [2.75, 3.05) is 0 Å². The van der Waals surface area contributed by atoms with Crippen LogP contribution in [0.1, 0.15) is 5.76 Å². The molecular weight excluding hydrogens is 322 g/mol. The van der Waals surface area contributed by atoms with Crippen molar-refractivity contribution in [1.82, 2.24) is 14.9 Å². The Morgan fingerprint density at radius 2 is 2.08 bits per heavy atom. The van der Waals surface area contributed by atoms with Gasteiger partial charge in [-0.3, -0.25) is 4.79 Å². The number of rotatable bonds is 5. The molecule has 24 heavy (non-hydrogen) atoms. The Balaban J connectivity index is 1.62. The summed E-state index contributed by atoms with van der Waals surface area (Å²) in [7, 11) is 0. The molecule has 120 valence electrons. The quantitative estimate of drug-likeness (QED) is 0.604. The van der Waals surface area contributed by atoms with E-state index < -0.39 is 0 Å². The van der Waals surface area contributed by atoms with E-state index in [9.17, 15) is 4.79 Å². The zero-order valence-electron chi connectivity index (χ0n) is 12.8. The summed E-state index contributed by atoms with van der Waals surface area (Å²) >= 11 is 1.61. The molecule has 0 saturated heterocycles. The first kappa shape index (κ1) is 14.7. The van der Waals surface area contributed by atoms with E-state index in [1.165, 1.54) is 0 Å². The number of imidazole rings is 1. The Labute approximate surface area is 142 Å². The van der Waals surface area contributed by atoms with Crippen LogP contribution in [0.2, 0.25) is 0 Å². The highest BCUT2D eigenvalue weighted by Crippen LogP contribution is 2.28. The van der Waals surface area contributed by atoms with Crippen molar-refractivity contribution >= 4 is 28.3 Å². The minimum Gasteiger partial charge on any atom is -0.467 e. The summed E-state index contributed by atoms with van der Waals surface area (Å²) in [5.41, 5.74) is 1.84. The van der Waals surface area contributed by atoms with Crippen LogP contribution in [0.15, 0.2) is 64.6 Å². The molecule has 0 saturated carbocycles. The second kappa shape index (κ2) is 6.33. The molecule has 0 spiro atoms. The largest absolute Gasteiger partial charge is 0.467 e. The molecule has 3 heterocycles. The van der Waals surface area contributed by atoms with Crippen LogP contribution in [0.4, 0.5) is 0 Å². The minimum atomic E-state index is -0.0765. The number of thiophene rings is 1. The van der Waals surface area contributed by atoms with E-state index in [-0.39, 0.29) is 12.5 Å². The second-order valence-electron chi connectivity index (χ2n) is 5.34. The molecule has 4 aromatic rings. The van der Waals surface area contributed by atoms with Gasteiger partial charge in [0.1, 0.15) is 12.3 Å². The maximum atomic E-state index is 12.4. The lowest BCUT2D eigenvalue weighted by Crippen LogP contribution is -2.27. The van der Waals surface area contributed by atoms with Crippen molar-refractivity contribution < 1.29 is 9.21 Å². The third kappa shape index (κ3) is 2.83. The third-order valence-electron chi connectivity index (χ3n) is 3.74. The fraction of sp³-hybridized carbons (Fsp3) is 0.111. The number of para-hydroxylation sites is 2. The van der Waals surface area contributed by atoms with Gasteiger partial charge in [-0.25, -0.2) is 4.98 Å². The van der Waals surface area contributed by atoms with Gasteiger partial charge in [0.15, 0.2) is 5.82 Å². The number of carbonyl (C=O) groups excluding carboxylic acids is 1. The zero-order chi connectivity index (χ0) is 16.4. The highest BCUT2D eigenvalue weighted by molar-refractivity contribution is 7.13. The smallest absolute Gasteiger partial charge is 0.240 e. The molecule has 0 aliphatic rings. The first-order valence-corrected chi connectivity index (χ1v) is 8.47. The first-order chi connectivity index (χ1) is 11.8. The molecular formula is C18H15N3O2S. The van der Waals surface area contributed by atoms with Gasteiger partial charge >= 0.3 is 0 Å². The molecule has 1 aromatic carbocycles. The van der Waals surface area contributed by atoms with E-state index in [0.29, 0.717) is 6.54 Å². The molecule has 6 heteroatoms. The standard InChI is InChI=1S/C18H15N3O2S/c22-17(19-11-13-5-3-9-23-13)12-21-15-7-2-1-6-14(15)20-18(21)16-8-4-10-24-16/h1-10H,11-12H2,(H,19,22). The molecule has 3 aromatic heterocycles. The van der Waals surface area contributed by atoms with Gasteiger partial charge in [0.05, 0.1) is 28.7 Å². The predicted molar refractivity (Wildman–Crippen MR) is 93.6 cm³/mol. The molecule has 0 fully saturated rings. The average Bonchev–Trinajstić information content (AvgIpc) is 3.34. The van der Waals surface area contributed by atoms with Gasteiger partial charge in [-0.1, -0.05) is 18.2 Å². The van der Waals surface area contributed by atoms with E-state index >= 15 is 0 Å². The summed E-state index contributed by atoms with van der Waals surface area (Å²) in [6, 6.07) is 15.5. The van der Waals surface area contributed by atoms with Crippen LogP contribution in [-0.2, 0) is 17.9 Å². The molecule has 5 nitrogen and oxygen atoms in total. The summed E-state index contributed by atoms with van der Waals surface area (Å²) in [4.78, 5) is 18.1. The molecule has 0 aliphatic heterocycles. The Hall–Kier alpha value is -2.86. The van der Waals surface area contributed by atoms with Crippen LogP contribution in [0.5, 0.6) is 0 Å². The normalized spacial score (nSPS) is 11.0. The molecule has 0 aliphatic carbocycles. The molecule has 0 atom stereocenters. The van der Waals surface area contributed by atoms with Gasteiger partial charge in [-0.05, 0) is 35.7 Å². The highest BCUT2D eigenvalue weighted by atomic mass is 32.1. The van der Waals surface area contributed by atoms with Crippen LogP contribution in [0.25, 0.3) is 21.7 Å². The first-order valence-electron chi connectivity index (χ1n) is 7.59. The molecule has 4 rings (SSSR count). The van der Waals surface area contributed by atoms with Crippen molar-refractivity contribution in [1.29, 1.82) is 0 Å². The maximum Gasteiger partial charge on any atom is 0.240 e. The van der Waals surface area contributed by atoms with Crippen LogP contribution < -0.4 is 5.32 Å². The summed E-state index contributed by atoms with van der Waals surface area (Å²) in [6.45, 7) is 0.598. The molecule has 0 radical (unpaired) electrons. The van der Waals surface area contributed by atoms with E-state index in [4.69, 9.17) is 9.40 Å². The number of aromatic nitrogens is 2. The van der Waals surface area contributed by atoms with Gasteiger partial charge in [0, 0.05) is 0 Å². The molecule has 0 bridgehead atoms. The average molecular weight is 337 g/mol. The van der Waals surface area contributed by atoms with E-state index in [1.807, 2.05) is 52.4 Å². The van der Waals surface area contributed by atoms with Crippen molar-refractivity contribution in [2.45, 2.75) is 13.1 Å². The Kier molecular flexibility index (Phi) is 3.88. The van der Waals surface area contributed by atoms with Crippen LogP contribution in [0.3, 0.4) is 0 Å². The van der Waals surface area contributed by atoms with Crippen LogP contribution in [-0.4, -0.2) is 15.5 Å². The maximum absolute atomic E-state index is 12.4. The zero-order valence-corrected chi connectivity index (χ0v) is 13.6.